The van der Waals surface area contributed by atoms with Crippen molar-refractivity contribution in [2.45, 2.75) is 25.4 Å². The van der Waals surface area contributed by atoms with Crippen molar-refractivity contribution in [3.63, 3.8) is 0 Å². The van der Waals surface area contributed by atoms with Crippen LogP contribution >= 0.6 is 0 Å². The standard InChI is InChI=1S/C9H16N2/c1-7-5-9(10)8(2)3-4-11(9)6-7/h7H,2-6,10H2,1H3. The average Bonchev–Trinajstić information content (AvgIpc) is 2.32. The highest BCUT2D eigenvalue weighted by atomic mass is 15.3. The Morgan fingerprint density at radius 1 is 1.73 bits per heavy atom. The molecule has 11 heavy (non-hydrogen) atoms. The Morgan fingerprint density at radius 3 is 3.09 bits per heavy atom. The van der Waals surface area contributed by atoms with Gasteiger partial charge in [0.05, 0.1) is 5.66 Å². The summed E-state index contributed by atoms with van der Waals surface area (Å²) >= 11 is 0. The smallest absolute Gasteiger partial charge is 0.0909 e. The molecule has 2 aliphatic heterocycles. The molecule has 2 saturated heterocycles. The number of hydrogen-bond acceptors (Lipinski definition) is 2. The van der Waals surface area contributed by atoms with Gasteiger partial charge in [-0.05, 0) is 24.3 Å². The zero-order valence-electron chi connectivity index (χ0n) is 7.14. The van der Waals surface area contributed by atoms with Crippen LogP contribution in [0.1, 0.15) is 19.8 Å². The minimum atomic E-state index is -0.126. The van der Waals surface area contributed by atoms with E-state index in [4.69, 9.17) is 5.73 Å². The second-order valence-corrected chi connectivity index (χ2v) is 4.03. The lowest BCUT2D eigenvalue weighted by Gasteiger charge is -2.27. The van der Waals surface area contributed by atoms with Crippen molar-refractivity contribution in [2.75, 3.05) is 13.1 Å². The third kappa shape index (κ3) is 0.861. The molecule has 2 fully saturated rings. The van der Waals surface area contributed by atoms with Crippen molar-refractivity contribution in [1.82, 2.24) is 4.90 Å². The van der Waals surface area contributed by atoms with Gasteiger partial charge in [-0.2, -0.15) is 0 Å². The summed E-state index contributed by atoms with van der Waals surface area (Å²) in [7, 11) is 0. The van der Waals surface area contributed by atoms with E-state index in [1.54, 1.807) is 0 Å². The second-order valence-electron chi connectivity index (χ2n) is 4.03. The molecule has 0 aromatic rings. The van der Waals surface area contributed by atoms with E-state index < -0.39 is 0 Å². The zero-order valence-corrected chi connectivity index (χ0v) is 7.14. The second kappa shape index (κ2) is 2.08. The number of hydrogen-bond donors (Lipinski definition) is 1. The first kappa shape index (κ1) is 7.32. The molecular formula is C9H16N2. The Morgan fingerprint density at radius 2 is 2.45 bits per heavy atom. The Hall–Kier alpha value is -0.340. The van der Waals surface area contributed by atoms with Crippen LogP contribution in [0.15, 0.2) is 12.2 Å². The average molecular weight is 152 g/mol. The maximum Gasteiger partial charge on any atom is 0.0909 e. The maximum atomic E-state index is 6.22. The largest absolute Gasteiger partial charge is 0.310 e. The summed E-state index contributed by atoms with van der Waals surface area (Å²) in [5, 5.41) is 0. The lowest BCUT2D eigenvalue weighted by atomic mass is 9.96. The number of nitrogens with zero attached hydrogens (tertiary/aromatic N) is 1. The van der Waals surface area contributed by atoms with Crippen LogP contribution in [0.4, 0.5) is 0 Å². The van der Waals surface area contributed by atoms with Crippen LogP contribution < -0.4 is 5.73 Å². The van der Waals surface area contributed by atoms with Crippen molar-refractivity contribution in [3.8, 4) is 0 Å². The van der Waals surface area contributed by atoms with Crippen molar-refractivity contribution >= 4 is 0 Å². The molecule has 0 spiro atoms. The summed E-state index contributed by atoms with van der Waals surface area (Å²) < 4.78 is 0. The van der Waals surface area contributed by atoms with E-state index in [9.17, 15) is 0 Å². The first-order chi connectivity index (χ1) is 5.13. The minimum absolute atomic E-state index is 0.126. The van der Waals surface area contributed by atoms with Gasteiger partial charge >= 0.3 is 0 Å². The maximum absolute atomic E-state index is 6.22. The molecular weight excluding hydrogens is 136 g/mol. The molecule has 62 valence electrons. The first-order valence-electron chi connectivity index (χ1n) is 4.35. The monoisotopic (exact) mass is 152 g/mol. The van der Waals surface area contributed by atoms with Crippen molar-refractivity contribution in [3.05, 3.63) is 12.2 Å². The van der Waals surface area contributed by atoms with Crippen LogP contribution in [0, 0.1) is 5.92 Å². The van der Waals surface area contributed by atoms with E-state index in [-0.39, 0.29) is 5.66 Å². The van der Waals surface area contributed by atoms with Gasteiger partial charge in [0.1, 0.15) is 0 Å². The van der Waals surface area contributed by atoms with Gasteiger partial charge in [0.15, 0.2) is 0 Å². The van der Waals surface area contributed by atoms with E-state index >= 15 is 0 Å². The quantitative estimate of drug-likeness (QED) is 0.523. The molecule has 0 radical (unpaired) electrons. The van der Waals surface area contributed by atoms with E-state index in [1.165, 1.54) is 5.57 Å². The predicted molar refractivity (Wildman–Crippen MR) is 46.0 cm³/mol. The molecule has 2 heterocycles. The van der Waals surface area contributed by atoms with Crippen LogP contribution in [-0.2, 0) is 0 Å². The van der Waals surface area contributed by atoms with Gasteiger partial charge in [0.25, 0.3) is 0 Å². The SMILES string of the molecule is C=C1CCN2CC(C)CC12N. The summed E-state index contributed by atoms with van der Waals surface area (Å²) in [6.45, 7) is 8.59. The molecule has 2 atom stereocenters. The normalized spacial score (nSPS) is 44.9. The van der Waals surface area contributed by atoms with Crippen LogP contribution in [0.3, 0.4) is 0 Å². The highest BCUT2D eigenvalue weighted by Crippen LogP contribution is 2.39. The van der Waals surface area contributed by atoms with Crippen molar-refractivity contribution < 1.29 is 0 Å². The van der Waals surface area contributed by atoms with Crippen LogP contribution in [-0.4, -0.2) is 23.7 Å². The van der Waals surface area contributed by atoms with Gasteiger partial charge in [0.2, 0.25) is 0 Å². The van der Waals surface area contributed by atoms with Gasteiger partial charge in [-0.3, -0.25) is 4.90 Å². The summed E-state index contributed by atoms with van der Waals surface area (Å²) in [6.07, 6.45) is 2.20. The Labute approximate surface area is 68.1 Å². The highest BCUT2D eigenvalue weighted by molar-refractivity contribution is 5.22. The van der Waals surface area contributed by atoms with Gasteiger partial charge in [0, 0.05) is 13.1 Å². The topological polar surface area (TPSA) is 29.3 Å². The third-order valence-electron chi connectivity index (χ3n) is 3.05. The molecule has 0 aromatic heterocycles. The van der Waals surface area contributed by atoms with E-state index in [0.717, 1.165) is 31.8 Å². The van der Waals surface area contributed by atoms with E-state index in [1.807, 2.05) is 0 Å². The molecule has 0 saturated carbocycles. The van der Waals surface area contributed by atoms with Gasteiger partial charge in [-0.1, -0.05) is 13.5 Å². The molecule has 0 bridgehead atoms. The summed E-state index contributed by atoms with van der Waals surface area (Å²) in [5.41, 5.74) is 7.34. The van der Waals surface area contributed by atoms with E-state index in [0.29, 0.717) is 0 Å². The third-order valence-corrected chi connectivity index (χ3v) is 3.05. The molecule has 0 aliphatic carbocycles. The molecule has 2 aliphatic rings. The van der Waals surface area contributed by atoms with Crippen molar-refractivity contribution in [1.29, 1.82) is 0 Å². The van der Waals surface area contributed by atoms with Crippen LogP contribution in [0.25, 0.3) is 0 Å². The molecule has 2 heteroatoms. The fraction of sp³-hybridized carbons (Fsp3) is 0.778. The Kier molecular flexibility index (Phi) is 1.38. The zero-order chi connectivity index (χ0) is 8.06. The fourth-order valence-corrected chi connectivity index (χ4v) is 2.41. The van der Waals surface area contributed by atoms with Crippen LogP contribution in [0.5, 0.6) is 0 Å². The molecule has 2 rings (SSSR count). The number of nitrogens with two attached hydrogens (primary N) is 1. The van der Waals surface area contributed by atoms with Gasteiger partial charge in [-0.25, -0.2) is 0 Å². The Balaban J connectivity index is 2.26. The molecule has 0 aromatic carbocycles. The number of fused-ring (bicyclic) bond motifs is 1. The predicted octanol–water partition coefficient (Wildman–Crippen LogP) is 0.943. The summed E-state index contributed by atoms with van der Waals surface area (Å²) in [5.74, 6) is 0.747. The summed E-state index contributed by atoms with van der Waals surface area (Å²) in [6, 6.07) is 0. The molecule has 2 N–H and O–H groups in total. The number of rotatable bonds is 0. The van der Waals surface area contributed by atoms with Gasteiger partial charge in [-0.15, -0.1) is 0 Å². The van der Waals surface area contributed by atoms with E-state index in [2.05, 4.69) is 18.4 Å². The lowest BCUT2D eigenvalue weighted by molar-refractivity contribution is 0.231. The molecule has 2 unspecified atom stereocenters. The minimum Gasteiger partial charge on any atom is -0.310 e. The fourth-order valence-electron chi connectivity index (χ4n) is 2.41. The summed E-state index contributed by atoms with van der Waals surface area (Å²) in [4.78, 5) is 2.38. The Bertz CT molecular complexity index is 200. The first-order valence-corrected chi connectivity index (χ1v) is 4.35. The molecule has 0 amide bonds. The highest BCUT2D eigenvalue weighted by Gasteiger charge is 2.46. The van der Waals surface area contributed by atoms with Crippen LogP contribution in [0.2, 0.25) is 0 Å². The molecule has 2 nitrogen and oxygen atoms in total. The lowest BCUT2D eigenvalue weighted by Crippen LogP contribution is -2.47. The van der Waals surface area contributed by atoms with Gasteiger partial charge < -0.3 is 5.73 Å². The van der Waals surface area contributed by atoms with Crippen molar-refractivity contribution in [2.24, 2.45) is 11.7 Å².